The molecule has 0 spiro atoms. The van der Waals surface area contributed by atoms with Crippen molar-refractivity contribution < 1.29 is 18.4 Å². The Bertz CT molecular complexity index is 645. The molecule has 0 radical (unpaired) electrons. The van der Waals surface area contributed by atoms with Gasteiger partial charge in [0.1, 0.15) is 0 Å². The molecule has 0 aliphatic carbocycles. The summed E-state index contributed by atoms with van der Waals surface area (Å²) in [6.45, 7) is 4.30. The number of hydrogen-bond donors (Lipinski definition) is 1. The van der Waals surface area contributed by atoms with E-state index in [1.165, 1.54) is 13.0 Å². The topological polar surface area (TPSA) is 101 Å². The van der Waals surface area contributed by atoms with Gasteiger partial charge in [-0.1, -0.05) is 11.6 Å². The minimum absolute atomic E-state index is 0.00970. The van der Waals surface area contributed by atoms with Crippen molar-refractivity contribution in [2.75, 3.05) is 13.2 Å². The predicted octanol–water partition coefficient (Wildman–Crippen LogP) is 1.95. The lowest BCUT2D eigenvalue weighted by atomic mass is 10.2. The van der Waals surface area contributed by atoms with Crippen LogP contribution in [0.4, 0.5) is 5.69 Å². The summed E-state index contributed by atoms with van der Waals surface area (Å²) in [6.07, 6.45) is 0. The third-order valence-electron chi connectivity index (χ3n) is 2.99. The molecule has 118 valence electrons. The molecular formula is C12H17ClN2O5S. The van der Waals surface area contributed by atoms with Crippen LogP contribution >= 0.6 is 11.6 Å². The molecule has 0 saturated carbocycles. The van der Waals surface area contributed by atoms with Gasteiger partial charge in [0, 0.05) is 24.2 Å². The maximum atomic E-state index is 12.5. The first-order chi connectivity index (χ1) is 9.62. The van der Waals surface area contributed by atoms with Crippen LogP contribution in [0.5, 0.6) is 0 Å². The highest BCUT2D eigenvalue weighted by Crippen LogP contribution is 2.31. The second-order valence-electron chi connectivity index (χ2n) is 4.74. The molecule has 0 atom stereocenters. The molecule has 1 aromatic rings. The first-order valence-electron chi connectivity index (χ1n) is 6.20. The molecule has 0 aromatic heterocycles. The summed E-state index contributed by atoms with van der Waals surface area (Å²) >= 11 is 5.89. The van der Waals surface area contributed by atoms with Crippen LogP contribution in [0, 0.1) is 17.0 Å². The van der Waals surface area contributed by atoms with E-state index in [0.29, 0.717) is 0 Å². The van der Waals surface area contributed by atoms with Crippen LogP contribution in [0.25, 0.3) is 0 Å². The van der Waals surface area contributed by atoms with Gasteiger partial charge in [0.15, 0.2) is 0 Å². The third-order valence-corrected chi connectivity index (χ3v) is 5.44. The molecule has 0 fully saturated rings. The van der Waals surface area contributed by atoms with Gasteiger partial charge in [-0.3, -0.25) is 10.1 Å². The molecule has 0 aliphatic heterocycles. The van der Waals surface area contributed by atoms with E-state index in [4.69, 9.17) is 16.7 Å². The number of aliphatic hydroxyl groups excluding tert-OH is 1. The molecule has 0 aliphatic rings. The molecule has 1 N–H and O–H groups in total. The number of nitro groups is 1. The van der Waals surface area contributed by atoms with Crippen molar-refractivity contribution in [1.82, 2.24) is 4.31 Å². The van der Waals surface area contributed by atoms with Gasteiger partial charge in [-0.15, -0.1) is 0 Å². The molecular weight excluding hydrogens is 320 g/mol. The van der Waals surface area contributed by atoms with Crippen molar-refractivity contribution in [3.05, 3.63) is 32.8 Å². The van der Waals surface area contributed by atoms with Gasteiger partial charge in [-0.2, -0.15) is 4.31 Å². The highest BCUT2D eigenvalue weighted by Gasteiger charge is 2.29. The Morgan fingerprint density at radius 2 is 2.00 bits per heavy atom. The molecule has 0 saturated heterocycles. The van der Waals surface area contributed by atoms with E-state index in [-0.39, 0.29) is 34.3 Å². The number of sulfonamides is 1. The third kappa shape index (κ3) is 3.70. The van der Waals surface area contributed by atoms with Crippen molar-refractivity contribution in [1.29, 1.82) is 0 Å². The lowest BCUT2D eigenvalue weighted by Gasteiger charge is -2.25. The Morgan fingerprint density at radius 3 is 2.43 bits per heavy atom. The van der Waals surface area contributed by atoms with Crippen LogP contribution < -0.4 is 0 Å². The van der Waals surface area contributed by atoms with Crippen LogP contribution in [0.1, 0.15) is 19.4 Å². The molecule has 7 nitrogen and oxygen atoms in total. The van der Waals surface area contributed by atoms with Gasteiger partial charge in [-0.05, 0) is 26.8 Å². The quantitative estimate of drug-likeness (QED) is 0.632. The summed E-state index contributed by atoms with van der Waals surface area (Å²) < 4.78 is 26.1. The highest BCUT2D eigenvalue weighted by atomic mass is 35.5. The minimum atomic E-state index is -3.97. The summed E-state index contributed by atoms with van der Waals surface area (Å²) in [5.41, 5.74) is -0.146. The lowest BCUT2D eigenvalue weighted by Crippen LogP contribution is -2.39. The summed E-state index contributed by atoms with van der Waals surface area (Å²) in [5.74, 6) is 0. The molecule has 21 heavy (non-hydrogen) atoms. The van der Waals surface area contributed by atoms with Gasteiger partial charge in [0.2, 0.25) is 10.0 Å². The van der Waals surface area contributed by atoms with Gasteiger partial charge < -0.3 is 5.11 Å². The smallest absolute Gasteiger partial charge is 0.275 e. The number of aliphatic hydroxyl groups is 1. The second-order valence-corrected chi connectivity index (χ2v) is 7.04. The van der Waals surface area contributed by atoms with Crippen molar-refractivity contribution in [2.24, 2.45) is 0 Å². The summed E-state index contributed by atoms with van der Waals surface area (Å²) in [6, 6.07) is 1.77. The minimum Gasteiger partial charge on any atom is -0.395 e. The number of rotatable bonds is 6. The maximum Gasteiger partial charge on any atom is 0.275 e. The fraction of sp³-hybridized carbons (Fsp3) is 0.500. The Balaban J connectivity index is 3.47. The zero-order chi connectivity index (χ0) is 16.4. The summed E-state index contributed by atoms with van der Waals surface area (Å²) in [5, 5.41) is 20.0. The van der Waals surface area contributed by atoms with Crippen molar-refractivity contribution >= 4 is 27.3 Å². The van der Waals surface area contributed by atoms with Gasteiger partial charge in [0.25, 0.3) is 5.69 Å². The normalized spacial score (nSPS) is 12.1. The van der Waals surface area contributed by atoms with E-state index >= 15 is 0 Å². The standard InChI is InChI=1S/C12H17ClN2O5S/c1-8(2)14(4-5-16)21(19,20)10-6-11(13)9(3)12(7-10)15(17)18/h6-8,16H,4-5H2,1-3H3. The number of hydrogen-bond acceptors (Lipinski definition) is 5. The Labute approximate surface area is 128 Å². The van der Waals surface area contributed by atoms with Crippen LogP contribution in [0.3, 0.4) is 0 Å². The highest BCUT2D eigenvalue weighted by molar-refractivity contribution is 7.89. The SMILES string of the molecule is Cc1c(Cl)cc(S(=O)(=O)N(CCO)C(C)C)cc1[N+](=O)[O-]. The van der Waals surface area contributed by atoms with Crippen LogP contribution in [-0.4, -0.2) is 41.9 Å². The number of benzene rings is 1. The van der Waals surface area contributed by atoms with E-state index in [0.717, 1.165) is 10.4 Å². The molecule has 1 rings (SSSR count). The van der Waals surface area contributed by atoms with Gasteiger partial charge in [0.05, 0.1) is 21.4 Å². The van der Waals surface area contributed by atoms with E-state index in [1.807, 2.05) is 0 Å². The largest absolute Gasteiger partial charge is 0.395 e. The average molecular weight is 337 g/mol. The zero-order valence-electron chi connectivity index (χ0n) is 11.9. The van der Waals surface area contributed by atoms with E-state index in [1.54, 1.807) is 13.8 Å². The van der Waals surface area contributed by atoms with Crippen molar-refractivity contribution in [3.63, 3.8) is 0 Å². The summed E-state index contributed by atoms with van der Waals surface area (Å²) in [7, 11) is -3.97. The van der Waals surface area contributed by atoms with E-state index < -0.39 is 21.0 Å². The fourth-order valence-corrected chi connectivity index (χ4v) is 3.82. The number of nitrogens with zero attached hydrogens (tertiary/aromatic N) is 2. The maximum absolute atomic E-state index is 12.5. The predicted molar refractivity (Wildman–Crippen MR) is 79.0 cm³/mol. The average Bonchev–Trinajstić information content (AvgIpc) is 2.37. The molecule has 1 aromatic carbocycles. The first kappa shape index (κ1) is 17.8. The van der Waals surface area contributed by atoms with Gasteiger partial charge in [-0.25, -0.2) is 8.42 Å². The van der Waals surface area contributed by atoms with Crippen LogP contribution in [-0.2, 0) is 10.0 Å². The first-order valence-corrected chi connectivity index (χ1v) is 8.02. The lowest BCUT2D eigenvalue weighted by molar-refractivity contribution is -0.385. The van der Waals surface area contributed by atoms with Gasteiger partial charge >= 0.3 is 0 Å². The molecule has 0 unspecified atom stereocenters. The number of halogens is 1. The fourth-order valence-electron chi connectivity index (χ4n) is 1.87. The van der Waals surface area contributed by atoms with Crippen molar-refractivity contribution in [3.8, 4) is 0 Å². The molecule has 0 bridgehead atoms. The van der Waals surface area contributed by atoms with Crippen LogP contribution in [0.2, 0.25) is 5.02 Å². The monoisotopic (exact) mass is 336 g/mol. The van der Waals surface area contributed by atoms with E-state index in [9.17, 15) is 18.5 Å². The zero-order valence-corrected chi connectivity index (χ0v) is 13.5. The Morgan fingerprint density at radius 1 is 1.43 bits per heavy atom. The second kappa shape index (κ2) is 6.69. The Hall–Kier alpha value is -1.22. The van der Waals surface area contributed by atoms with Crippen molar-refractivity contribution in [2.45, 2.75) is 31.7 Å². The van der Waals surface area contributed by atoms with Crippen LogP contribution in [0.15, 0.2) is 17.0 Å². The molecule has 9 heteroatoms. The van der Waals surface area contributed by atoms with E-state index in [2.05, 4.69) is 0 Å². The number of nitro benzene ring substituents is 1. The summed E-state index contributed by atoms with van der Waals surface area (Å²) in [4.78, 5) is 10.0. The Kier molecular flexibility index (Phi) is 5.68. The molecule has 0 amide bonds. The molecule has 0 heterocycles.